The molecule has 7 heteroatoms. The van der Waals surface area contributed by atoms with Crippen LogP contribution in [0.15, 0.2) is 22.5 Å². The Kier molecular flexibility index (Phi) is 12.5. The molecule has 0 aliphatic carbocycles. The average Bonchev–Trinajstić information content (AvgIpc) is 3.30. The maximum Gasteiger partial charge on any atom is 0.191 e. The first-order chi connectivity index (χ1) is 11.8. The van der Waals surface area contributed by atoms with Gasteiger partial charge in [0.05, 0.1) is 6.04 Å². The van der Waals surface area contributed by atoms with Gasteiger partial charge in [-0.25, -0.2) is 0 Å². The zero-order valence-electron chi connectivity index (χ0n) is 15.5. The van der Waals surface area contributed by atoms with E-state index in [0.717, 1.165) is 45.1 Å². The van der Waals surface area contributed by atoms with Gasteiger partial charge in [-0.05, 0) is 57.1 Å². The second-order valence-corrected chi connectivity index (χ2v) is 7.04. The number of rotatable bonds is 10. The second kappa shape index (κ2) is 13.8. The zero-order chi connectivity index (χ0) is 17.0. The van der Waals surface area contributed by atoms with Crippen LogP contribution in [0.4, 0.5) is 0 Å². The van der Waals surface area contributed by atoms with Gasteiger partial charge in [0.15, 0.2) is 5.96 Å². The van der Waals surface area contributed by atoms with Crippen molar-refractivity contribution in [3.63, 3.8) is 0 Å². The maximum absolute atomic E-state index is 5.37. The Bertz CT molecular complexity index is 464. The van der Waals surface area contributed by atoms with Crippen molar-refractivity contribution in [1.29, 1.82) is 0 Å². The van der Waals surface area contributed by atoms with Gasteiger partial charge >= 0.3 is 0 Å². The lowest BCUT2D eigenvalue weighted by molar-refractivity contribution is 0.143. The predicted octanol–water partition coefficient (Wildman–Crippen LogP) is 3.48. The summed E-state index contributed by atoms with van der Waals surface area (Å²) >= 11 is 1.85. The van der Waals surface area contributed by atoms with E-state index in [0.29, 0.717) is 6.04 Å². The summed E-state index contributed by atoms with van der Waals surface area (Å²) in [6, 6.07) is 4.84. The fraction of sp³-hybridized carbons (Fsp3) is 0.722. The number of unbranched alkanes of at least 4 members (excludes halogenated alkanes) is 1. The fourth-order valence-electron chi connectivity index (χ4n) is 3.04. The van der Waals surface area contributed by atoms with Gasteiger partial charge in [-0.1, -0.05) is 6.07 Å². The number of likely N-dealkylation sites (tertiary alicyclic amines) is 1. The molecule has 2 rings (SSSR count). The van der Waals surface area contributed by atoms with Crippen LogP contribution >= 0.6 is 35.3 Å². The van der Waals surface area contributed by atoms with E-state index in [9.17, 15) is 0 Å². The summed E-state index contributed by atoms with van der Waals surface area (Å²) in [5.41, 5.74) is 0. The first-order valence-corrected chi connectivity index (χ1v) is 10.0. The molecule has 2 N–H and O–H groups in total. The first-order valence-electron chi connectivity index (χ1n) is 9.15. The van der Waals surface area contributed by atoms with Gasteiger partial charge in [0.1, 0.15) is 0 Å². The molecular weight excluding hydrogens is 447 g/mol. The van der Waals surface area contributed by atoms with Gasteiger partial charge in [0.25, 0.3) is 0 Å². The third kappa shape index (κ3) is 8.23. The third-order valence-electron chi connectivity index (χ3n) is 4.35. The second-order valence-electron chi connectivity index (χ2n) is 6.06. The standard InChI is InChI=1S/C18H32N4OS.HI/c1-3-23-13-7-4-10-20-18(19-2)21-15-16(17-9-8-14-24-17)22-11-5-6-12-22;/h8-9,14,16H,3-7,10-13,15H2,1-2H3,(H2,19,20,21);1H. The maximum atomic E-state index is 5.37. The molecule has 0 radical (unpaired) electrons. The van der Waals surface area contributed by atoms with Crippen molar-refractivity contribution >= 4 is 41.3 Å². The van der Waals surface area contributed by atoms with E-state index in [1.165, 1.54) is 30.8 Å². The highest BCUT2D eigenvalue weighted by Gasteiger charge is 2.24. The van der Waals surface area contributed by atoms with E-state index in [4.69, 9.17) is 4.74 Å². The van der Waals surface area contributed by atoms with Crippen LogP contribution in [0, 0.1) is 0 Å². The van der Waals surface area contributed by atoms with E-state index < -0.39 is 0 Å². The quantitative estimate of drug-likeness (QED) is 0.233. The molecule has 0 saturated carbocycles. The Morgan fingerprint density at radius 2 is 2.12 bits per heavy atom. The van der Waals surface area contributed by atoms with Gasteiger partial charge in [-0.2, -0.15) is 0 Å². The van der Waals surface area contributed by atoms with Gasteiger partial charge in [0, 0.05) is 38.2 Å². The lowest BCUT2D eigenvalue weighted by atomic mass is 10.2. The van der Waals surface area contributed by atoms with Crippen molar-refractivity contribution in [3.05, 3.63) is 22.4 Å². The minimum absolute atomic E-state index is 0. The van der Waals surface area contributed by atoms with E-state index >= 15 is 0 Å². The highest BCUT2D eigenvalue weighted by atomic mass is 127. The van der Waals surface area contributed by atoms with Gasteiger partial charge in [0.2, 0.25) is 0 Å². The molecule has 144 valence electrons. The molecular formula is C18H33IN4OS. The van der Waals surface area contributed by atoms with Crippen LogP contribution in [0.1, 0.15) is 43.5 Å². The van der Waals surface area contributed by atoms with Crippen LogP contribution < -0.4 is 10.6 Å². The molecule has 1 aliphatic heterocycles. The number of thiophene rings is 1. The Labute approximate surface area is 173 Å². The van der Waals surface area contributed by atoms with Gasteiger partial charge < -0.3 is 15.4 Å². The number of hydrogen-bond donors (Lipinski definition) is 2. The number of nitrogens with zero attached hydrogens (tertiary/aromatic N) is 2. The largest absolute Gasteiger partial charge is 0.382 e. The summed E-state index contributed by atoms with van der Waals surface area (Å²) in [7, 11) is 1.84. The summed E-state index contributed by atoms with van der Waals surface area (Å²) in [5, 5.41) is 9.09. The smallest absolute Gasteiger partial charge is 0.191 e. The van der Waals surface area contributed by atoms with Crippen molar-refractivity contribution in [2.24, 2.45) is 4.99 Å². The van der Waals surface area contributed by atoms with Gasteiger partial charge in [-0.3, -0.25) is 9.89 Å². The molecule has 1 aromatic heterocycles. The summed E-state index contributed by atoms with van der Waals surface area (Å²) < 4.78 is 5.37. The Morgan fingerprint density at radius 3 is 2.76 bits per heavy atom. The minimum atomic E-state index is 0. The minimum Gasteiger partial charge on any atom is -0.382 e. The molecule has 0 aromatic carbocycles. The number of ether oxygens (including phenoxy) is 1. The molecule has 1 fully saturated rings. The summed E-state index contributed by atoms with van der Waals surface area (Å²) in [4.78, 5) is 8.38. The highest BCUT2D eigenvalue weighted by Crippen LogP contribution is 2.27. The molecule has 5 nitrogen and oxygen atoms in total. The molecule has 1 atom stereocenters. The topological polar surface area (TPSA) is 48.9 Å². The molecule has 25 heavy (non-hydrogen) atoms. The predicted molar refractivity (Wildman–Crippen MR) is 118 cm³/mol. The highest BCUT2D eigenvalue weighted by molar-refractivity contribution is 14.0. The number of guanidine groups is 1. The molecule has 1 aliphatic rings. The molecule has 1 aromatic rings. The summed E-state index contributed by atoms with van der Waals surface area (Å²) in [5.74, 6) is 0.896. The SMILES string of the molecule is CCOCCCCNC(=NC)NCC(c1cccs1)N1CCCC1.I. The summed E-state index contributed by atoms with van der Waals surface area (Å²) in [6.07, 6.45) is 4.81. The van der Waals surface area contributed by atoms with Crippen LogP contribution in [0.5, 0.6) is 0 Å². The monoisotopic (exact) mass is 480 g/mol. The fourth-order valence-corrected chi connectivity index (χ4v) is 3.90. The average molecular weight is 480 g/mol. The molecule has 0 bridgehead atoms. The van der Waals surface area contributed by atoms with E-state index in [1.807, 2.05) is 25.3 Å². The van der Waals surface area contributed by atoms with Crippen molar-refractivity contribution in [3.8, 4) is 0 Å². The lowest BCUT2D eigenvalue weighted by Gasteiger charge is -2.27. The Morgan fingerprint density at radius 1 is 1.32 bits per heavy atom. The van der Waals surface area contributed by atoms with Crippen molar-refractivity contribution in [2.45, 2.75) is 38.6 Å². The lowest BCUT2D eigenvalue weighted by Crippen LogP contribution is -2.42. The number of hydrogen-bond acceptors (Lipinski definition) is 4. The molecule has 1 unspecified atom stereocenters. The molecule has 2 heterocycles. The number of aliphatic imine (C=N–C) groups is 1. The van der Waals surface area contributed by atoms with Crippen LogP contribution in [0.3, 0.4) is 0 Å². The third-order valence-corrected chi connectivity index (χ3v) is 5.33. The van der Waals surface area contributed by atoms with E-state index in [-0.39, 0.29) is 24.0 Å². The van der Waals surface area contributed by atoms with Crippen LogP contribution in [-0.4, -0.2) is 57.3 Å². The Balaban J connectivity index is 0.00000312. The van der Waals surface area contributed by atoms with Crippen molar-refractivity contribution in [2.75, 3.05) is 46.4 Å². The first kappa shape index (κ1) is 22.7. The molecule has 1 saturated heterocycles. The van der Waals surface area contributed by atoms with Crippen LogP contribution in [0.25, 0.3) is 0 Å². The van der Waals surface area contributed by atoms with Gasteiger partial charge in [-0.15, -0.1) is 35.3 Å². The number of nitrogens with one attached hydrogen (secondary N) is 2. The van der Waals surface area contributed by atoms with Crippen molar-refractivity contribution in [1.82, 2.24) is 15.5 Å². The van der Waals surface area contributed by atoms with Crippen LogP contribution in [0.2, 0.25) is 0 Å². The normalized spacial score (nSPS) is 16.5. The molecule has 0 amide bonds. The van der Waals surface area contributed by atoms with Crippen LogP contribution in [-0.2, 0) is 4.74 Å². The molecule has 0 spiro atoms. The van der Waals surface area contributed by atoms with Crippen molar-refractivity contribution < 1.29 is 4.74 Å². The Hall–Kier alpha value is -0.380. The summed E-state index contributed by atoms with van der Waals surface area (Å²) in [6.45, 7) is 7.92. The number of halogens is 1. The van der Waals surface area contributed by atoms with E-state index in [1.54, 1.807) is 0 Å². The zero-order valence-corrected chi connectivity index (χ0v) is 18.6. The van der Waals surface area contributed by atoms with E-state index in [2.05, 4.69) is 38.0 Å².